The molecule has 1 aliphatic carbocycles. The number of rotatable bonds is 4. The van der Waals surface area contributed by atoms with Gasteiger partial charge in [-0.05, 0) is 31.6 Å². The summed E-state index contributed by atoms with van der Waals surface area (Å²) < 4.78 is 5.72. The van der Waals surface area contributed by atoms with E-state index in [1.165, 1.54) is 38.5 Å². The molecule has 1 saturated carbocycles. The van der Waals surface area contributed by atoms with Gasteiger partial charge < -0.3 is 9.32 Å². The molecule has 5 heteroatoms. The number of nitrogens with zero attached hydrogens (tertiary/aromatic N) is 3. The second kappa shape index (κ2) is 5.47. The van der Waals surface area contributed by atoms with Gasteiger partial charge in [-0.2, -0.15) is 0 Å². The minimum atomic E-state index is 0.535. The summed E-state index contributed by atoms with van der Waals surface area (Å²) in [5, 5.41) is 8.26. The Balaban J connectivity index is 1.72. The van der Waals surface area contributed by atoms with Crippen LogP contribution >= 0.6 is 11.6 Å². The van der Waals surface area contributed by atoms with Gasteiger partial charge in [0.25, 0.3) is 0 Å². The molecule has 0 amide bonds. The number of hydrogen-bond acceptors (Lipinski definition) is 4. The normalized spacial score (nSPS) is 25.2. The number of halogens is 1. The van der Waals surface area contributed by atoms with Crippen LogP contribution in [0.2, 0.25) is 0 Å². The van der Waals surface area contributed by atoms with Crippen molar-refractivity contribution in [1.29, 1.82) is 0 Å². The average molecular weight is 270 g/mol. The van der Waals surface area contributed by atoms with Crippen molar-refractivity contribution in [2.24, 2.45) is 5.92 Å². The maximum atomic E-state index is 5.72. The third kappa shape index (κ3) is 2.35. The van der Waals surface area contributed by atoms with Gasteiger partial charge in [0.15, 0.2) is 0 Å². The summed E-state index contributed by atoms with van der Waals surface area (Å²) in [4.78, 5) is 2.33. The highest BCUT2D eigenvalue weighted by Gasteiger charge is 2.35. The van der Waals surface area contributed by atoms with Gasteiger partial charge in [-0.15, -0.1) is 16.7 Å². The van der Waals surface area contributed by atoms with Crippen molar-refractivity contribution < 1.29 is 4.42 Å². The molecule has 0 aromatic carbocycles. The molecular weight excluding hydrogens is 250 g/mol. The first-order valence-corrected chi connectivity index (χ1v) is 7.57. The Morgan fingerprint density at radius 3 is 2.78 bits per heavy atom. The van der Waals surface area contributed by atoms with Crippen LogP contribution < -0.4 is 4.90 Å². The molecule has 3 rings (SSSR count). The molecule has 0 spiro atoms. The Bertz CT molecular complexity index is 389. The maximum Gasteiger partial charge on any atom is 0.318 e. The molecule has 1 atom stereocenters. The molecule has 4 nitrogen and oxygen atoms in total. The monoisotopic (exact) mass is 269 g/mol. The molecular formula is C13H20ClN3O. The predicted molar refractivity (Wildman–Crippen MR) is 71.0 cm³/mol. The lowest BCUT2D eigenvalue weighted by atomic mass is 9.96. The second-order valence-corrected chi connectivity index (χ2v) is 5.74. The van der Waals surface area contributed by atoms with E-state index < -0.39 is 0 Å². The van der Waals surface area contributed by atoms with Gasteiger partial charge >= 0.3 is 6.01 Å². The Hall–Kier alpha value is -0.770. The van der Waals surface area contributed by atoms with Gasteiger partial charge in [-0.1, -0.05) is 17.9 Å². The zero-order valence-electron chi connectivity index (χ0n) is 10.6. The first-order valence-electron chi connectivity index (χ1n) is 7.03. The first kappa shape index (κ1) is 12.3. The van der Waals surface area contributed by atoms with Gasteiger partial charge in [0, 0.05) is 24.9 Å². The Morgan fingerprint density at radius 1 is 1.17 bits per heavy atom. The smallest absolute Gasteiger partial charge is 0.318 e. The summed E-state index contributed by atoms with van der Waals surface area (Å²) in [6.07, 6.45) is 8.68. The molecule has 1 unspecified atom stereocenters. The molecule has 2 aliphatic rings. The molecule has 18 heavy (non-hydrogen) atoms. The largest absolute Gasteiger partial charge is 0.408 e. The second-order valence-electron chi connectivity index (χ2n) is 5.36. The number of alkyl halides is 1. The summed E-state index contributed by atoms with van der Waals surface area (Å²) in [6.45, 7) is 1.06. The molecule has 2 fully saturated rings. The van der Waals surface area contributed by atoms with Crippen LogP contribution in [0.25, 0.3) is 0 Å². The van der Waals surface area contributed by atoms with E-state index in [1.54, 1.807) is 0 Å². The number of anilines is 1. The van der Waals surface area contributed by atoms with Crippen LogP contribution in [0.1, 0.15) is 44.4 Å². The van der Waals surface area contributed by atoms with E-state index in [9.17, 15) is 0 Å². The summed E-state index contributed by atoms with van der Waals surface area (Å²) in [5.74, 6) is 2.03. The highest BCUT2D eigenvalue weighted by molar-refractivity contribution is 6.17. The number of hydrogen-bond donors (Lipinski definition) is 0. The average Bonchev–Trinajstić information content (AvgIpc) is 3.10. The fourth-order valence-corrected chi connectivity index (χ4v) is 3.57. The highest BCUT2D eigenvalue weighted by Crippen LogP contribution is 2.37. The van der Waals surface area contributed by atoms with Crippen LogP contribution in [-0.2, 0) is 6.42 Å². The summed E-state index contributed by atoms with van der Waals surface area (Å²) in [7, 11) is 0. The van der Waals surface area contributed by atoms with E-state index in [4.69, 9.17) is 16.0 Å². The molecule has 1 aliphatic heterocycles. The Labute approximate surface area is 113 Å². The quantitative estimate of drug-likeness (QED) is 0.788. The Morgan fingerprint density at radius 2 is 2.00 bits per heavy atom. The van der Waals surface area contributed by atoms with Crippen molar-refractivity contribution in [2.75, 3.05) is 17.3 Å². The highest BCUT2D eigenvalue weighted by atomic mass is 35.5. The molecule has 0 N–H and O–H groups in total. The lowest BCUT2D eigenvalue weighted by molar-refractivity contribution is 0.403. The molecule has 0 radical (unpaired) electrons. The predicted octanol–water partition coefficient (Wildman–Crippen LogP) is 3.01. The summed E-state index contributed by atoms with van der Waals surface area (Å²) >= 11 is 5.70. The van der Waals surface area contributed by atoms with E-state index in [0.717, 1.165) is 12.5 Å². The molecule has 0 bridgehead atoms. The van der Waals surface area contributed by atoms with Gasteiger partial charge in [0.2, 0.25) is 5.89 Å². The van der Waals surface area contributed by atoms with Crippen LogP contribution in [0, 0.1) is 5.92 Å². The third-order valence-electron chi connectivity index (χ3n) is 4.25. The van der Waals surface area contributed by atoms with Crippen molar-refractivity contribution in [1.82, 2.24) is 10.2 Å². The van der Waals surface area contributed by atoms with Gasteiger partial charge in [-0.25, -0.2) is 0 Å². The zero-order chi connectivity index (χ0) is 12.4. The van der Waals surface area contributed by atoms with E-state index in [1.807, 2.05) is 0 Å². The first-order chi connectivity index (χ1) is 8.88. The summed E-state index contributed by atoms with van der Waals surface area (Å²) in [5.41, 5.74) is 0. The fourth-order valence-electron chi connectivity index (χ4n) is 3.40. The molecule has 1 saturated heterocycles. The SMILES string of the molecule is ClCCc1nnc(N2CCCC2C2CCCC2)o1. The fraction of sp³-hybridized carbons (Fsp3) is 0.846. The summed E-state index contributed by atoms with van der Waals surface area (Å²) in [6, 6.07) is 1.33. The third-order valence-corrected chi connectivity index (χ3v) is 4.44. The van der Waals surface area contributed by atoms with Crippen LogP contribution in [-0.4, -0.2) is 28.7 Å². The van der Waals surface area contributed by atoms with E-state index in [2.05, 4.69) is 15.1 Å². The van der Waals surface area contributed by atoms with E-state index in [0.29, 0.717) is 30.2 Å². The lowest BCUT2D eigenvalue weighted by Crippen LogP contribution is -2.34. The zero-order valence-corrected chi connectivity index (χ0v) is 11.4. The minimum Gasteiger partial charge on any atom is -0.408 e. The van der Waals surface area contributed by atoms with Crippen LogP contribution in [0.15, 0.2) is 4.42 Å². The van der Waals surface area contributed by atoms with Crippen molar-refractivity contribution in [2.45, 2.75) is 51.0 Å². The van der Waals surface area contributed by atoms with E-state index in [-0.39, 0.29) is 0 Å². The van der Waals surface area contributed by atoms with E-state index >= 15 is 0 Å². The van der Waals surface area contributed by atoms with Crippen molar-refractivity contribution in [3.8, 4) is 0 Å². The maximum absolute atomic E-state index is 5.72. The van der Waals surface area contributed by atoms with Crippen molar-refractivity contribution >= 4 is 17.6 Å². The number of aryl methyl sites for hydroxylation is 1. The molecule has 1 aromatic heterocycles. The lowest BCUT2D eigenvalue weighted by Gasteiger charge is -2.27. The number of aromatic nitrogens is 2. The van der Waals surface area contributed by atoms with Crippen LogP contribution in [0.5, 0.6) is 0 Å². The van der Waals surface area contributed by atoms with Crippen LogP contribution in [0.3, 0.4) is 0 Å². The van der Waals surface area contributed by atoms with Crippen molar-refractivity contribution in [3.63, 3.8) is 0 Å². The van der Waals surface area contributed by atoms with Crippen molar-refractivity contribution in [3.05, 3.63) is 5.89 Å². The molecule has 1 aromatic rings. The minimum absolute atomic E-state index is 0.535. The topological polar surface area (TPSA) is 42.2 Å². The van der Waals surface area contributed by atoms with Gasteiger partial charge in [-0.3, -0.25) is 0 Å². The van der Waals surface area contributed by atoms with Gasteiger partial charge in [0.1, 0.15) is 0 Å². The standard InChI is InChI=1S/C13H20ClN3O/c14-8-7-12-15-16-13(18-12)17-9-3-6-11(17)10-4-1-2-5-10/h10-11H,1-9H2. The molecule has 100 valence electrons. The van der Waals surface area contributed by atoms with Gasteiger partial charge in [0.05, 0.1) is 0 Å². The molecule has 2 heterocycles. The Kier molecular flexibility index (Phi) is 3.73. The van der Waals surface area contributed by atoms with Crippen LogP contribution in [0.4, 0.5) is 6.01 Å².